The number of aromatic nitrogens is 2. The third-order valence-electron chi connectivity index (χ3n) is 3.95. The number of hydrogen-bond donors (Lipinski definition) is 1. The van der Waals surface area contributed by atoms with E-state index in [2.05, 4.69) is 15.3 Å². The lowest BCUT2D eigenvalue weighted by Crippen LogP contribution is -2.52. The Kier molecular flexibility index (Phi) is 6.35. The number of amides is 1. The number of nitrogens with zero attached hydrogens (tertiary/aromatic N) is 3. The molecule has 28 heavy (non-hydrogen) atoms. The molecule has 1 saturated heterocycles. The molecule has 0 saturated carbocycles. The molecule has 0 aromatic carbocycles. The van der Waals surface area contributed by atoms with Crippen molar-refractivity contribution in [1.29, 1.82) is 0 Å². The number of methoxy groups -OCH3 is 1. The average Bonchev–Trinajstić information content (AvgIpc) is 2.59. The SMILES string of the molecule is COC(=O)[C@@H]1C[C@H](Nc2ncc(C(F)(F)F)cn2)CN(C(=O)OC(C)(C)C)C1. The number of alkyl halides is 3. The fraction of sp³-hybridized carbons (Fsp3) is 0.647. The number of esters is 1. The van der Waals surface area contributed by atoms with Crippen molar-refractivity contribution in [3.63, 3.8) is 0 Å². The van der Waals surface area contributed by atoms with Gasteiger partial charge in [-0.1, -0.05) is 0 Å². The summed E-state index contributed by atoms with van der Waals surface area (Å²) in [7, 11) is 1.25. The van der Waals surface area contributed by atoms with Crippen molar-refractivity contribution >= 4 is 18.0 Å². The molecule has 1 amide bonds. The number of hydrogen-bond acceptors (Lipinski definition) is 7. The molecule has 156 valence electrons. The Morgan fingerprint density at radius 3 is 2.29 bits per heavy atom. The second kappa shape index (κ2) is 8.19. The molecule has 2 heterocycles. The zero-order chi connectivity index (χ0) is 21.1. The van der Waals surface area contributed by atoms with Gasteiger partial charge in [0.05, 0.1) is 18.6 Å². The second-order valence-electron chi connectivity index (χ2n) is 7.48. The van der Waals surface area contributed by atoms with Crippen LogP contribution in [0.25, 0.3) is 0 Å². The van der Waals surface area contributed by atoms with Crippen LogP contribution in [-0.2, 0) is 20.4 Å². The van der Waals surface area contributed by atoms with E-state index in [0.717, 1.165) is 0 Å². The number of anilines is 1. The third-order valence-corrected chi connectivity index (χ3v) is 3.95. The van der Waals surface area contributed by atoms with E-state index in [0.29, 0.717) is 18.8 Å². The van der Waals surface area contributed by atoms with E-state index in [4.69, 9.17) is 9.47 Å². The predicted octanol–water partition coefficient (Wildman–Crippen LogP) is 2.71. The number of carbonyl (C=O) groups excluding carboxylic acids is 2. The van der Waals surface area contributed by atoms with Gasteiger partial charge in [-0.3, -0.25) is 4.79 Å². The second-order valence-corrected chi connectivity index (χ2v) is 7.48. The molecule has 1 aliphatic heterocycles. The zero-order valence-electron chi connectivity index (χ0n) is 16.0. The van der Waals surface area contributed by atoms with Gasteiger partial charge in [-0.2, -0.15) is 13.2 Å². The molecule has 8 nitrogen and oxygen atoms in total. The number of rotatable bonds is 3. The van der Waals surface area contributed by atoms with E-state index in [1.807, 2.05) is 0 Å². The maximum Gasteiger partial charge on any atom is 0.419 e. The van der Waals surface area contributed by atoms with Crippen molar-refractivity contribution in [3.8, 4) is 0 Å². The minimum Gasteiger partial charge on any atom is -0.469 e. The van der Waals surface area contributed by atoms with Gasteiger partial charge in [0.25, 0.3) is 0 Å². The molecule has 0 unspecified atom stereocenters. The Bertz CT molecular complexity index is 704. The molecule has 1 fully saturated rings. The molecule has 0 bridgehead atoms. The molecule has 11 heteroatoms. The van der Waals surface area contributed by atoms with Gasteiger partial charge in [-0.05, 0) is 27.2 Å². The summed E-state index contributed by atoms with van der Waals surface area (Å²) in [5.41, 5.74) is -1.68. The monoisotopic (exact) mass is 404 g/mol. The Morgan fingerprint density at radius 2 is 1.79 bits per heavy atom. The van der Waals surface area contributed by atoms with Crippen molar-refractivity contribution in [2.45, 2.75) is 45.0 Å². The zero-order valence-corrected chi connectivity index (χ0v) is 16.0. The number of likely N-dealkylation sites (tertiary alicyclic amines) is 1. The number of nitrogens with one attached hydrogen (secondary N) is 1. The van der Waals surface area contributed by atoms with Crippen LogP contribution in [0.15, 0.2) is 12.4 Å². The van der Waals surface area contributed by atoms with Crippen LogP contribution in [0, 0.1) is 5.92 Å². The van der Waals surface area contributed by atoms with Gasteiger partial charge in [-0.15, -0.1) is 0 Å². The lowest BCUT2D eigenvalue weighted by Gasteiger charge is -2.37. The highest BCUT2D eigenvalue weighted by Crippen LogP contribution is 2.28. The topological polar surface area (TPSA) is 93.6 Å². The molecule has 2 rings (SSSR count). The van der Waals surface area contributed by atoms with Crippen LogP contribution in [0.2, 0.25) is 0 Å². The number of halogens is 3. The highest BCUT2D eigenvalue weighted by molar-refractivity contribution is 5.75. The minimum atomic E-state index is -4.53. The lowest BCUT2D eigenvalue weighted by molar-refractivity contribution is -0.147. The summed E-state index contributed by atoms with van der Waals surface area (Å²) in [6, 6.07) is -0.470. The normalized spacial score (nSPS) is 20.5. The van der Waals surface area contributed by atoms with Crippen LogP contribution >= 0.6 is 0 Å². The predicted molar refractivity (Wildman–Crippen MR) is 92.4 cm³/mol. The first-order valence-corrected chi connectivity index (χ1v) is 8.60. The molecule has 1 aromatic heterocycles. The van der Waals surface area contributed by atoms with Crippen molar-refractivity contribution in [3.05, 3.63) is 18.0 Å². The molecular weight excluding hydrogens is 381 g/mol. The van der Waals surface area contributed by atoms with E-state index in [-0.39, 0.29) is 19.0 Å². The maximum absolute atomic E-state index is 12.6. The first kappa shape index (κ1) is 21.7. The van der Waals surface area contributed by atoms with E-state index in [1.165, 1.54) is 12.0 Å². The fourth-order valence-corrected chi connectivity index (χ4v) is 2.75. The van der Waals surface area contributed by atoms with Gasteiger partial charge in [0.15, 0.2) is 0 Å². The van der Waals surface area contributed by atoms with E-state index in [9.17, 15) is 22.8 Å². The van der Waals surface area contributed by atoms with Crippen molar-refractivity contribution < 1.29 is 32.2 Å². The molecule has 1 N–H and O–H groups in total. The lowest BCUT2D eigenvalue weighted by atomic mass is 9.94. The van der Waals surface area contributed by atoms with E-state index < -0.39 is 41.4 Å². The summed E-state index contributed by atoms with van der Waals surface area (Å²) in [6.45, 7) is 5.45. The average molecular weight is 404 g/mol. The number of ether oxygens (including phenoxy) is 2. The van der Waals surface area contributed by atoms with Crippen LogP contribution in [0.5, 0.6) is 0 Å². The number of carbonyl (C=O) groups is 2. The summed E-state index contributed by atoms with van der Waals surface area (Å²) in [6.07, 6.45) is -3.49. The molecule has 2 atom stereocenters. The summed E-state index contributed by atoms with van der Waals surface area (Å²) < 4.78 is 48.0. The van der Waals surface area contributed by atoms with Crippen LogP contribution in [0.3, 0.4) is 0 Å². The molecule has 0 radical (unpaired) electrons. The summed E-state index contributed by atoms with van der Waals surface area (Å²) in [5, 5.41) is 2.87. The largest absolute Gasteiger partial charge is 0.469 e. The highest BCUT2D eigenvalue weighted by Gasteiger charge is 2.37. The van der Waals surface area contributed by atoms with Gasteiger partial charge >= 0.3 is 18.2 Å². The molecular formula is C17H23F3N4O4. The van der Waals surface area contributed by atoms with Crippen LogP contribution in [0.4, 0.5) is 23.9 Å². The summed E-state index contributed by atoms with van der Waals surface area (Å²) >= 11 is 0. The number of piperidine rings is 1. The quantitative estimate of drug-likeness (QED) is 0.774. The van der Waals surface area contributed by atoms with Crippen molar-refractivity contribution in [1.82, 2.24) is 14.9 Å². The summed E-state index contributed by atoms with van der Waals surface area (Å²) in [4.78, 5) is 33.1. The van der Waals surface area contributed by atoms with Gasteiger partial charge in [0, 0.05) is 31.5 Å². The van der Waals surface area contributed by atoms with Crippen molar-refractivity contribution in [2.24, 2.45) is 5.92 Å². The Hall–Kier alpha value is -2.59. The van der Waals surface area contributed by atoms with Crippen molar-refractivity contribution in [2.75, 3.05) is 25.5 Å². The first-order valence-electron chi connectivity index (χ1n) is 8.60. The van der Waals surface area contributed by atoms with E-state index in [1.54, 1.807) is 20.8 Å². The van der Waals surface area contributed by atoms with Gasteiger partial charge in [0.2, 0.25) is 5.95 Å². The first-order chi connectivity index (χ1) is 12.9. The van der Waals surface area contributed by atoms with Gasteiger partial charge in [-0.25, -0.2) is 14.8 Å². The molecule has 0 aliphatic carbocycles. The minimum absolute atomic E-state index is 0.0346. The van der Waals surface area contributed by atoms with Crippen LogP contribution in [-0.4, -0.2) is 58.8 Å². The van der Waals surface area contributed by atoms with E-state index >= 15 is 0 Å². The van der Waals surface area contributed by atoms with Crippen LogP contribution < -0.4 is 5.32 Å². The van der Waals surface area contributed by atoms with Crippen LogP contribution in [0.1, 0.15) is 32.8 Å². The molecule has 1 aromatic rings. The van der Waals surface area contributed by atoms with Gasteiger partial charge < -0.3 is 19.7 Å². The fourth-order valence-electron chi connectivity index (χ4n) is 2.75. The molecule has 0 spiro atoms. The molecule has 1 aliphatic rings. The van der Waals surface area contributed by atoms with Gasteiger partial charge in [0.1, 0.15) is 5.60 Å². The summed E-state index contributed by atoms with van der Waals surface area (Å²) in [5.74, 6) is -1.14. The smallest absolute Gasteiger partial charge is 0.419 e. The standard InChI is InChI=1S/C17H23F3N4O4/c1-16(2,3)28-15(26)24-8-10(13(25)27-4)5-12(9-24)23-14-21-6-11(7-22-14)17(18,19)20/h6-7,10,12H,5,8-9H2,1-4H3,(H,21,22,23)/t10-,12+/m1/s1. The Morgan fingerprint density at radius 1 is 1.18 bits per heavy atom. The maximum atomic E-state index is 12.6. The Labute approximate surface area is 160 Å². The highest BCUT2D eigenvalue weighted by atomic mass is 19.4. The Balaban J connectivity index is 2.13. The third kappa shape index (κ3) is 5.96.